The van der Waals surface area contributed by atoms with Crippen molar-refractivity contribution in [3.63, 3.8) is 0 Å². The van der Waals surface area contributed by atoms with Crippen LogP contribution in [0, 0.1) is 0 Å². The second kappa shape index (κ2) is 8.00. The lowest BCUT2D eigenvalue weighted by Crippen LogP contribution is -2.51. The molecule has 1 aliphatic carbocycles. The Morgan fingerprint density at radius 1 is 1.15 bits per heavy atom. The molecule has 0 N–H and O–H groups in total. The topological polar surface area (TPSA) is 61.8 Å². The van der Waals surface area contributed by atoms with Gasteiger partial charge in [-0.05, 0) is 38.5 Å². The highest BCUT2D eigenvalue weighted by Gasteiger charge is 2.37. The maximum Gasteiger partial charge on any atom is 0.222 e. The van der Waals surface area contributed by atoms with Crippen molar-refractivity contribution in [3.8, 4) is 5.88 Å². The first kappa shape index (κ1) is 18.5. The molecule has 27 heavy (non-hydrogen) atoms. The van der Waals surface area contributed by atoms with E-state index in [0.29, 0.717) is 36.3 Å². The van der Waals surface area contributed by atoms with Gasteiger partial charge in [-0.25, -0.2) is 9.97 Å². The lowest BCUT2D eigenvalue weighted by atomic mass is 9.98. The minimum Gasteiger partial charge on any atom is -0.481 e. The standard InChI is InChI=1S/C20H31N5O2/c1-23-17(4-3-5-20(23)26)13-24-10-8-16(9-11-24)25(15-6-7-15)18-12-19(27-2)22-14-21-18/h12,14-17H,3-11,13H2,1-2H3. The van der Waals surface area contributed by atoms with Crippen molar-refractivity contribution in [2.24, 2.45) is 0 Å². The summed E-state index contributed by atoms with van der Waals surface area (Å²) < 4.78 is 5.29. The van der Waals surface area contributed by atoms with Gasteiger partial charge in [-0.1, -0.05) is 0 Å². The molecule has 1 atom stereocenters. The molecule has 3 fully saturated rings. The normalized spacial score (nSPS) is 24.9. The molecule has 0 aromatic carbocycles. The van der Waals surface area contributed by atoms with Crippen molar-refractivity contribution in [1.82, 2.24) is 19.8 Å². The summed E-state index contributed by atoms with van der Waals surface area (Å²) in [5, 5.41) is 0. The van der Waals surface area contributed by atoms with Gasteiger partial charge in [0.2, 0.25) is 11.8 Å². The number of rotatable bonds is 6. The molecule has 7 nitrogen and oxygen atoms in total. The highest BCUT2D eigenvalue weighted by Crippen LogP contribution is 2.36. The predicted octanol–water partition coefficient (Wildman–Crippen LogP) is 1.93. The molecule has 3 aliphatic rings. The second-order valence-corrected chi connectivity index (χ2v) is 8.14. The van der Waals surface area contributed by atoms with Gasteiger partial charge >= 0.3 is 0 Å². The number of methoxy groups -OCH3 is 1. The molecule has 7 heteroatoms. The van der Waals surface area contributed by atoms with Crippen LogP contribution in [0.3, 0.4) is 0 Å². The summed E-state index contributed by atoms with van der Waals surface area (Å²) in [5.41, 5.74) is 0. The molecule has 3 heterocycles. The molecule has 0 radical (unpaired) electrons. The van der Waals surface area contributed by atoms with Gasteiger partial charge in [-0.2, -0.15) is 0 Å². The second-order valence-electron chi connectivity index (χ2n) is 8.14. The van der Waals surface area contributed by atoms with E-state index in [4.69, 9.17) is 4.74 Å². The van der Waals surface area contributed by atoms with Gasteiger partial charge in [0.15, 0.2) is 0 Å². The Morgan fingerprint density at radius 3 is 2.59 bits per heavy atom. The minimum atomic E-state index is 0.304. The van der Waals surface area contributed by atoms with Crippen LogP contribution in [0.1, 0.15) is 44.9 Å². The first-order valence-corrected chi connectivity index (χ1v) is 10.3. The average Bonchev–Trinajstić information content (AvgIpc) is 3.52. The zero-order valence-corrected chi connectivity index (χ0v) is 16.5. The van der Waals surface area contributed by atoms with Crippen LogP contribution in [0.4, 0.5) is 5.82 Å². The Bertz CT molecular complexity index is 658. The molecular formula is C20H31N5O2. The van der Waals surface area contributed by atoms with Crippen molar-refractivity contribution in [3.05, 3.63) is 12.4 Å². The fourth-order valence-electron chi connectivity index (χ4n) is 4.56. The largest absolute Gasteiger partial charge is 0.481 e. The molecule has 2 aliphatic heterocycles. The first-order valence-electron chi connectivity index (χ1n) is 10.3. The number of hydrogen-bond donors (Lipinski definition) is 0. The van der Waals surface area contributed by atoms with Crippen LogP contribution in [-0.4, -0.2) is 77.6 Å². The van der Waals surface area contributed by atoms with E-state index in [1.165, 1.54) is 12.8 Å². The van der Waals surface area contributed by atoms with Crippen LogP contribution < -0.4 is 9.64 Å². The quantitative estimate of drug-likeness (QED) is 0.759. The summed E-state index contributed by atoms with van der Waals surface area (Å²) in [6.07, 6.45) is 9.29. The Labute approximate surface area is 161 Å². The van der Waals surface area contributed by atoms with Crippen molar-refractivity contribution < 1.29 is 9.53 Å². The van der Waals surface area contributed by atoms with Gasteiger partial charge in [0.05, 0.1) is 7.11 Å². The number of carbonyl (C=O) groups is 1. The summed E-state index contributed by atoms with van der Waals surface area (Å²) >= 11 is 0. The van der Waals surface area contributed by atoms with E-state index in [1.807, 2.05) is 18.0 Å². The fourth-order valence-corrected chi connectivity index (χ4v) is 4.56. The summed E-state index contributed by atoms with van der Waals surface area (Å²) in [6.45, 7) is 3.20. The number of nitrogens with zero attached hydrogens (tertiary/aromatic N) is 5. The number of carbonyl (C=O) groups excluding carboxylic acids is 1. The molecule has 1 aromatic heterocycles. The highest BCUT2D eigenvalue weighted by molar-refractivity contribution is 5.76. The SMILES string of the molecule is COc1cc(N(C2CC2)C2CCN(CC3CCCC(=O)N3C)CC2)ncn1. The zero-order valence-electron chi connectivity index (χ0n) is 16.5. The van der Waals surface area contributed by atoms with E-state index in [-0.39, 0.29) is 0 Å². The van der Waals surface area contributed by atoms with Crippen molar-refractivity contribution >= 4 is 11.7 Å². The van der Waals surface area contributed by atoms with Crippen LogP contribution in [0.5, 0.6) is 5.88 Å². The average molecular weight is 374 g/mol. The number of ether oxygens (including phenoxy) is 1. The highest BCUT2D eigenvalue weighted by atomic mass is 16.5. The van der Waals surface area contributed by atoms with Gasteiger partial charge in [0.25, 0.3) is 0 Å². The number of amides is 1. The van der Waals surface area contributed by atoms with Gasteiger partial charge in [-0.15, -0.1) is 0 Å². The predicted molar refractivity (Wildman–Crippen MR) is 104 cm³/mol. The summed E-state index contributed by atoms with van der Waals surface area (Å²) in [6, 6.07) is 3.49. The summed E-state index contributed by atoms with van der Waals surface area (Å²) in [5.74, 6) is 1.94. The molecule has 4 rings (SSSR count). The number of aromatic nitrogens is 2. The van der Waals surface area contributed by atoms with Crippen LogP contribution >= 0.6 is 0 Å². The summed E-state index contributed by atoms with van der Waals surface area (Å²) in [4.78, 5) is 27.7. The lowest BCUT2D eigenvalue weighted by Gasteiger charge is -2.42. The van der Waals surface area contributed by atoms with Gasteiger partial charge < -0.3 is 19.4 Å². The Morgan fingerprint density at radius 2 is 1.89 bits per heavy atom. The Balaban J connectivity index is 1.36. The van der Waals surface area contributed by atoms with Gasteiger partial charge in [-0.3, -0.25) is 4.79 Å². The maximum atomic E-state index is 12.0. The molecule has 0 bridgehead atoms. The van der Waals surface area contributed by atoms with E-state index >= 15 is 0 Å². The molecule has 2 saturated heterocycles. The molecule has 0 spiro atoms. The third-order valence-corrected chi connectivity index (χ3v) is 6.33. The van der Waals surface area contributed by atoms with Crippen LogP contribution in [-0.2, 0) is 4.79 Å². The smallest absolute Gasteiger partial charge is 0.222 e. The molecule has 148 valence electrons. The number of likely N-dealkylation sites (N-methyl/N-ethyl adjacent to an activating group) is 1. The Hall–Kier alpha value is -1.89. The fraction of sp³-hybridized carbons (Fsp3) is 0.750. The number of anilines is 1. The number of piperidine rings is 2. The summed E-state index contributed by atoms with van der Waals surface area (Å²) in [7, 11) is 3.62. The number of likely N-dealkylation sites (tertiary alicyclic amines) is 2. The molecule has 1 aromatic rings. The van der Waals surface area contributed by atoms with Gasteiger partial charge in [0.1, 0.15) is 12.1 Å². The minimum absolute atomic E-state index is 0.304. The van der Waals surface area contributed by atoms with E-state index in [9.17, 15) is 4.79 Å². The monoisotopic (exact) mass is 373 g/mol. The first-order chi connectivity index (χ1) is 13.2. The molecule has 1 saturated carbocycles. The molecule has 1 amide bonds. The molecule has 1 unspecified atom stereocenters. The van der Waals surface area contributed by atoms with E-state index in [0.717, 1.165) is 51.1 Å². The van der Waals surface area contributed by atoms with Gasteiger partial charge in [0, 0.05) is 57.3 Å². The van der Waals surface area contributed by atoms with E-state index in [2.05, 4.69) is 19.8 Å². The van der Waals surface area contributed by atoms with Crippen molar-refractivity contribution in [1.29, 1.82) is 0 Å². The third-order valence-electron chi connectivity index (χ3n) is 6.33. The van der Waals surface area contributed by atoms with Crippen molar-refractivity contribution in [2.75, 3.05) is 38.7 Å². The lowest BCUT2D eigenvalue weighted by molar-refractivity contribution is -0.135. The third kappa shape index (κ3) is 4.18. The van der Waals surface area contributed by atoms with E-state index in [1.54, 1.807) is 13.4 Å². The Kier molecular flexibility index (Phi) is 5.48. The van der Waals surface area contributed by atoms with E-state index < -0.39 is 0 Å². The van der Waals surface area contributed by atoms with Crippen LogP contribution in [0.15, 0.2) is 12.4 Å². The molecular weight excluding hydrogens is 342 g/mol. The van der Waals surface area contributed by atoms with Crippen LogP contribution in [0.2, 0.25) is 0 Å². The number of hydrogen-bond acceptors (Lipinski definition) is 6. The maximum absolute atomic E-state index is 12.0. The zero-order chi connectivity index (χ0) is 18.8. The van der Waals surface area contributed by atoms with Crippen molar-refractivity contribution in [2.45, 2.75) is 63.1 Å². The van der Waals surface area contributed by atoms with Crippen LogP contribution in [0.25, 0.3) is 0 Å².